The number of carbonyl (C=O) groups is 1. The molecular weight excluding hydrogens is 496 g/mol. The standard InChI is InChI=1S/C25H26F4N4O4/c1-15-11-33(14-30-15)20-5-4-17(10-23(20)36-2)24(35)31-19-13-32(8-7-21(19)34)12-16-3-6-22(18(26)9-16)37-25(27,28)29/h3-6,9-11,14,19,21,34H,7-8,12-13H2,1-2H3,(H,31,35). The number of hydrogen-bond donors (Lipinski definition) is 2. The van der Waals surface area contributed by atoms with E-state index in [9.17, 15) is 27.5 Å². The van der Waals surface area contributed by atoms with E-state index in [1.54, 1.807) is 29.1 Å². The Labute approximate surface area is 210 Å². The second kappa shape index (κ2) is 10.8. The lowest BCUT2D eigenvalue weighted by molar-refractivity contribution is -0.275. The summed E-state index contributed by atoms with van der Waals surface area (Å²) in [6.45, 7) is 2.80. The third-order valence-electron chi connectivity index (χ3n) is 6.04. The number of ether oxygens (including phenoxy) is 2. The van der Waals surface area contributed by atoms with Crippen LogP contribution in [0.5, 0.6) is 11.5 Å². The van der Waals surface area contributed by atoms with Gasteiger partial charge in [-0.05, 0) is 49.2 Å². The molecule has 1 fully saturated rings. The molecule has 2 aromatic carbocycles. The number of aryl methyl sites for hydroxylation is 1. The number of piperidine rings is 1. The van der Waals surface area contributed by atoms with Crippen LogP contribution in [-0.2, 0) is 6.54 Å². The Balaban J connectivity index is 1.41. The summed E-state index contributed by atoms with van der Waals surface area (Å²) < 4.78 is 62.1. The minimum absolute atomic E-state index is 0.217. The smallest absolute Gasteiger partial charge is 0.495 e. The number of aromatic nitrogens is 2. The molecule has 12 heteroatoms. The molecule has 0 bridgehead atoms. The zero-order chi connectivity index (χ0) is 26.7. The number of imidazole rings is 1. The second-order valence-electron chi connectivity index (χ2n) is 8.79. The van der Waals surface area contributed by atoms with Crippen molar-refractivity contribution in [2.75, 3.05) is 20.2 Å². The molecule has 0 saturated carbocycles. The highest BCUT2D eigenvalue weighted by Gasteiger charge is 2.33. The number of amides is 1. The van der Waals surface area contributed by atoms with E-state index in [2.05, 4.69) is 15.0 Å². The number of nitrogens with one attached hydrogen (secondary N) is 1. The number of methoxy groups -OCH3 is 1. The zero-order valence-corrected chi connectivity index (χ0v) is 20.1. The highest BCUT2D eigenvalue weighted by molar-refractivity contribution is 5.95. The van der Waals surface area contributed by atoms with E-state index in [1.807, 2.05) is 18.0 Å². The maximum absolute atomic E-state index is 14.1. The highest BCUT2D eigenvalue weighted by atomic mass is 19.4. The van der Waals surface area contributed by atoms with E-state index < -0.39 is 36.0 Å². The molecule has 0 radical (unpaired) electrons. The SMILES string of the molecule is COc1cc(C(=O)NC2CN(Cc3ccc(OC(F)(F)F)c(F)c3)CCC2O)ccc1-n1cnc(C)c1. The average Bonchev–Trinajstić information content (AvgIpc) is 3.27. The summed E-state index contributed by atoms with van der Waals surface area (Å²) in [5.74, 6) is -1.96. The number of rotatable bonds is 7. The van der Waals surface area contributed by atoms with Crippen molar-refractivity contribution in [2.45, 2.75) is 38.4 Å². The van der Waals surface area contributed by atoms with Crippen molar-refractivity contribution in [2.24, 2.45) is 0 Å². The number of halogens is 4. The molecule has 37 heavy (non-hydrogen) atoms. The zero-order valence-electron chi connectivity index (χ0n) is 20.1. The van der Waals surface area contributed by atoms with Crippen molar-refractivity contribution in [3.05, 3.63) is 71.6 Å². The van der Waals surface area contributed by atoms with Gasteiger partial charge in [-0.2, -0.15) is 0 Å². The number of likely N-dealkylation sites (tertiary alicyclic amines) is 1. The molecule has 1 saturated heterocycles. The summed E-state index contributed by atoms with van der Waals surface area (Å²) in [6.07, 6.45) is -1.96. The van der Waals surface area contributed by atoms with Crippen LogP contribution in [0, 0.1) is 12.7 Å². The number of hydrogen-bond acceptors (Lipinski definition) is 6. The molecule has 1 aliphatic heterocycles. The first kappa shape index (κ1) is 26.4. The molecule has 2 N–H and O–H groups in total. The largest absolute Gasteiger partial charge is 0.573 e. The molecule has 0 spiro atoms. The van der Waals surface area contributed by atoms with Crippen molar-refractivity contribution in [3.63, 3.8) is 0 Å². The van der Waals surface area contributed by atoms with Gasteiger partial charge < -0.3 is 24.5 Å². The molecule has 1 aromatic heterocycles. The molecule has 198 valence electrons. The molecule has 2 unspecified atom stereocenters. The van der Waals surface area contributed by atoms with Crippen LogP contribution in [-0.4, -0.2) is 64.2 Å². The van der Waals surface area contributed by atoms with Crippen LogP contribution in [0.1, 0.15) is 28.0 Å². The molecule has 1 amide bonds. The Bertz CT molecular complexity index is 1260. The fourth-order valence-corrected chi connectivity index (χ4v) is 4.24. The normalized spacial score (nSPS) is 18.5. The van der Waals surface area contributed by atoms with Crippen LogP contribution in [0.4, 0.5) is 17.6 Å². The Morgan fingerprint density at radius 1 is 1.22 bits per heavy atom. The first-order chi connectivity index (χ1) is 17.5. The van der Waals surface area contributed by atoms with E-state index in [4.69, 9.17) is 4.74 Å². The molecular formula is C25H26F4N4O4. The van der Waals surface area contributed by atoms with Gasteiger partial charge in [0.1, 0.15) is 5.75 Å². The molecule has 0 aliphatic carbocycles. The van der Waals surface area contributed by atoms with E-state index >= 15 is 0 Å². The topological polar surface area (TPSA) is 88.9 Å². The lowest BCUT2D eigenvalue weighted by Gasteiger charge is -2.36. The van der Waals surface area contributed by atoms with Crippen molar-refractivity contribution in [1.82, 2.24) is 19.8 Å². The number of benzene rings is 2. The lowest BCUT2D eigenvalue weighted by atomic mass is 10.0. The van der Waals surface area contributed by atoms with Crippen LogP contribution in [0.3, 0.4) is 0 Å². The Kier molecular flexibility index (Phi) is 7.69. The number of aliphatic hydroxyl groups is 1. The number of alkyl halides is 3. The quantitative estimate of drug-likeness (QED) is 0.461. The average molecular weight is 522 g/mol. The minimum atomic E-state index is -4.99. The van der Waals surface area contributed by atoms with Gasteiger partial charge in [-0.25, -0.2) is 9.37 Å². The van der Waals surface area contributed by atoms with Gasteiger partial charge in [0.2, 0.25) is 0 Å². The Morgan fingerprint density at radius 3 is 2.65 bits per heavy atom. The molecule has 1 aliphatic rings. The highest BCUT2D eigenvalue weighted by Crippen LogP contribution is 2.27. The first-order valence-electron chi connectivity index (χ1n) is 11.5. The van der Waals surface area contributed by atoms with E-state index in [0.29, 0.717) is 35.5 Å². The second-order valence-corrected chi connectivity index (χ2v) is 8.79. The maximum Gasteiger partial charge on any atom is 0.573 e. The van der Waals surface area contributed by atoms with Gasteiger partial charge in [-0.15, -0.1) is 13.2 Å². The van der Waals surface area contributed by atoms with E-state index in [1.165, 1.54) is 13.2 Å². The molecule has 2 atom stereocenters. The number of carbonyl (C=O) groups excluding carboxylic acids is 1. The third kappa shape index (κ3) is 6.57. The summed E-state index contributed by atoms with van der Waals surface area (Å²) in [6, 6.07) is 7.62. The summed E-state index contributed by atoms with van der Waals surface area (Å²) >= 11 is 0. The monoisotopic (exact) mass is 522 g/mol. The van der Waals surface area contributed by atoms with Crippen LogP contribution in [0.25, 0.3) is 5.69 Å². The van der Waals surface area contributed by atoms with Crippen molar-refractivity contribution < 1.29 is 36.9 Å². The summed E-state index contributed by atoms with van der Waals surface area (Å²) in [5.41, 5.74) is 2.31. The van der Waals surface area contributed by atoms with Gasteiger partial charge in [-0.1, -0.05) is 6.07 Å². The lowest BCUT2D eigenvalue weighted by Crippen LogP contribution is -2.54. The number of nitrogens with zero attached hydrogens (tertiary/aromatic N) is 3. The van der Waals surface area contributed by atoms with Gasteiger partial charge in [0.05, 0.1) is 37.0 Å². The fourth-order valence-electron chi connectivity index (χ4n) is 4.24. The molecule has 4 rings (SSSR count). The Morgan fingerprint density at radius 2 is 2.00 bits per heavy atom. The maximum atomic E-state index is 14.1. The molecule has 2 heterocycles. The summed E-state index contributed by atoms with van der Waals surface area (Å²) in [4.78, 5) is 19.0. The van der Waals surface area contributed by atoms with Crippen molar-refractivity contribution in [3.8, 4) is 17.2 Å². The van der Waals surface area contributed by atoms with Crippen LogP contribution in [0.2, 0.25) is 0 Å². The van der Waals surface area contributed by atoms with E-state index in [0.717, 1.165) is 17.8 Å². The summed E-state index contributed by atoms with van der Waals surface area (Å²) in [7, 11) is 1.50. The molecule has 3 aromatic rings. The van der Waals surface area contributed by atoms with Crippen molar-refractivity contribution in [1.29, 1.82) is 0 Å². The van der Waals surface area contributed by atoms with Gasteiger partial charge >= 0.3 is 6.36 Å². The third-order valence-corrected chi connectivity index (χ3v) is 6.04. The van der Waals surface area contributed by atoms with Crippen molar-refractivity contribution >= 4 is 5.91 Å². The minimum Gasteiger partial charge on any atom is -0.495 e. The predicted octanol–water partition coefficient (Wildman–Crippen LogP) is 3.59. The molecule has 8 nitrogen and oxygen atoms in total. The van der Waals surface area contributed by atoms with E-state index in [-0.39, 0.29) is 13.1 Å². The van der Waals surface area contributed by atoms with Gasteiger partial charge in [-0.3, -0.25) is 9.69 Å². The van der Waals surface area contributed by atoms with Crippen LogP contribution >= 0.6 is 0 Å². The number of aliphatic hydroxyl groups excluding tert-OH is 1. The van der Waals surface area contributed by atoms with Gasteiger partial charge in [0.25, 0.3) is 5.91 Å². The summed E-state index contributed by atoms with van der Waals surface area (Å²) in [5, 5.41) is 13.3. The van der Waals surface area contributed by atoms with Crippen LogP contribution < -0.4 is 14.8 Å². The Hall–Kier alpha value is -3.64. The van der Waals surface area contributed by atoms with Crippen LogP contribution in [0.15, 0.2) is 48.9 Å². The van der Waals surface area contributed by atoms with Gasteiger partial charge in [0.15, 0.2) is 11.6 Å². The fraction of sp³-hybridized carbons (Fsp3) is 0.360. The predicted molar refractivity (Wildman–Crippen MR) is 125 cm³/mol. The first-order valence-corrected chi connectivity index (χ1v) is 11.5. The van der Waals surface area contributed by atoms with Gasteiger partial charge in [0, 0.05) is 31.4 Å².